The summed E-state index contributed by atoms with van der Waals surface area (Å²) in [4.78, 5) is 0.366. The topological polar surface area (TPSA) is 46.2 Å². The molecule has 1 aromatic carbocycles. The molecule has 1 rings (SSSR count). The van der Waals surface area contributed by atoms with Gasteiger partial charge in [0.2, 0.25) is 10.0 Å². The molecule has 0 aromatic heterocycles. The van der Waals surface area contributed by atoms with Gasteiger partial charge in [-0.15, -0.1) is 0 Å². The minimum Gasteiger partial charge on any atom is -0.209 e. The third-order valence-corrected chi connectivity index (χ3v) is 4.32. The van der Waals surface area contributed by atoms with Crippen LogP contribution in [0.3, 0.4) is 0 Å². The van der Waals surface area contributed by atoms with E-state index >= 15 is 0 Å². The molecule has 102 valence electrons. The van der Waals surface area contributed by atoms with E-state index in [0.717, 1.165) is 18.4 Å². The Kier molecular flexibility index (Phi) is 5.82. The third kappa shape index (κ3) is 4.78. The normalized spacial score (nSPS) is 12.0. The number of unbranched alkanes of at least 4 members (excludes halogenated alkanes) is 2. The number of rotatable bonds is 7. The van der Waals surface area contributed by atoms with E-state index in [2.05, 4.69) is 11.6 Å². The van der Waals surface area contributed by atoms with Gasteiger partial charge in [-0.2, -0.15) is 0 Å². The van der Waals surface area contributed by atoms with E-state index in [-0.39, 0.29) is 6.04 Å². The third-order valence-electron chi connectivity index (χ3n) is 2.67. The van der Waals surface area contributed by atoms with Crippen LogP contribution in [0.5, 0.6) is 0 Å². The van der Waals surface area contributed by atoms with Gasteiger partial charge in [-0.3, -0.25) is 0 Å². The maximum atomic E-state index is 12.0. The fraction of sp³-hybridized carbons (Fsp3) is 0.571. The Morgan fingerprint density at radius 3 is 2.56 bits per heavy atom. The Balaban J connectivity index is 2.81. The van der Waals surface area contributed by atoms with E-state index in [1.54, 1.807) is 12.1 Å². The van der Waals surface area contributed by atoms with Gasteiger partial charge in [-0.05, 0) is 44.4 Å². The molecule has 0 saturated carbocycles. The number of benzene rings is 1. The molecule has 0 aliphatic carbocycles. The van der Waals surface area contributed by atoms with Gasteiger partial charge in [0.1, 0.15) is 0 Å². The van der Waals surface area contributed by atoms with Crippen molar-refractivity contribution >= 4 is 10.0 Å². The van der Waals surface area contributed by atoms with Crippen LogP contribution in [-0.4, -0.2) is 14.5 Å². The molecule has 1 aromatic rings. The minimum absolute atomic E-state index is 0.0845. The van der Waals surface area contributed by atoms with Crippen molar-refractivity contribution in [2.75, 3.05) is 0 Å². The van der Waals surface area contributed by atoms with E-state index in [9.17, 15) is 8.42 Å². The predicted molar refractivity (Wildman–Crippen MR) is 75.1 cm³/mol. The zero-order valence-electron chi connectivity index (χ0n) is 11.4. The fourth-order valence-corrected chi connectivity index (χ4v) is 3.15. The standard InChI is InChI=1S/C14H23NO2S/c1-4-5-6-8-13-9-7-10-14(11-13)18(16,17)15-12(2)3/h7,9-12,15H,4-6,8H2,1-3H3. The molecule has 3 nitrogen and oxygen atoms in total. The summed E-state index contributed by atoms with van der Waals surface area (Å²) in [5, 5.41) is 0. The van der Waals surface area contributed by atoms with Crippen LogP contribution in [0.15, 0.2) is 29.2 Å². The first-order valence-electron chi connectivity index (χ1n) is 6.57. The van der Waals surface area contributed by atoms with Gasteiger partial charge in [-0.1, -0.05) is 31.9 Å². The quantitative estimate of drug-likeness (QED) is 0.773. The maximum absolute atomic E-state index is 12.0. The summed E-state index contributed by atoms with van der Waals surface area (Å²) in [6.45, 7) is 5.80. The molecule has 18 heavy (non-hydrogen) atoms. The molecule has 0 saturated heterocycles. The summed E-state index contributed by atoms with van der Waals surface area (Å²) in [5.41, 5.74) is 1.09. The molecule has 0 bridgehead atoms. The minimum atomic E-state index is -3.36. The second-order valence-corrected chi connectivity index (χ2v) is 6.59. The zero-order valence-corrected chi connectivity index (χ0v) is 12.3. The second-order valence-electron chi connectivity index (χ2n) is 4.88. The molecule has 0 fully saturated rings. The average Bonchev–Trinajstić information content (AvgIpc) is 2.28. The molecule has 0 atom stereocenters. The van der Waals surface area contributed by atoms with Crippen molar-refractivity contribution in [1.82, 2.24) is 4.72 Å². The van der Waals surface area contributed by atoms with Crippen LogP contribution in [0, 0.1) is 0 Å². The van der Waals surface area contributed by atoms with Gasteiger partial charge in [-0.25, -0.2) is 13.1 Å². The van der Waals surface area contributed by atoms with Gasteiger partial charge in [0.05, 0.1) is 4.90 Å². The van der Waals surface area contributed by atoms with Gasteiger partial charge in [0.15, 0.2) is 0 Å². The lowest BCUT2D eigenvalue weighted by Crippen LogP contribution is -2.30. The molecular weight excluding hydrogens is 246 g/mol. The van der Waals surface area contributed by atoms with Crippen LogP contribution in [0.4, 0.5) is 0 Å². The average molecular weight is 269 g/mol. The first-order valence-corrected chi connectivity index (χ1v) is 8.05. The first-order chi connectivity index (χ1) is 8.45. The van der Waals surface area contributed by atoms with E-state index in [0.29, 0.717) is 4.90 Å². The Bertz CT molecular complexity index is 466. The maximum Gasteiger partial charge on any atom is 0.240 e. The van der Waals surface area contributed by atoms with Crippen molar-refractivity contribution < 1.29 is 8.42 Å². The van der Waals surface area contributed by atoms with Crippen LogP contribution < -0.4 is 4.72 Å². The van der Waals surface area contributed by atoms with Crippen molar-refractivity contribution in [1.29, 1.82) is 0 Å². The zero-order chi connectivity index (χ0) is 13.6. The van der Waals surface area contributed by atoms with Crippen molar-refractivity contribution in [3.8, 4) is 0 Å². The summed E-state index contributed by atoms with van der Waals surface area (Å²) < 4.78 is 26.6. The van der Waals surface area contributed by atoms with Gasteiger partial charge in [0, 0.05) is 6.04 Å². The van der Waals surface area contributed by atoms with Crippen molar-refractivity contribution in [2.45, 2.75) is 57.4 Å². The van der Waals surface area contributed by atoms with Crippen molar-refractivity contribution in [3.63, 3.8) is 0 Å². The summed E-state index contributed by atoms with van der Waals surface area (Å²) >= 11 is 0. The van der Waals surface area contributed by atoms with E-state index in [1.165, 1.54) is 12.8 Å². The Morgan fingerprint density at radius 2 is 1.94 bits per heavy atom. The highest BCUT2D eigenvalue weighted by atomic mass is 32.2. The first kappa shape index (κ1) is 15.2. The highest BCUT2D eigenvalue weighted by molar-refractivity contribution is 7.89. The summed E-state index contributed by atoms with van der Waals surface area (Å²) in [6, 6.07) is 7.15. The van der Waals surface area contributed by atoms with Crippen LogP contribution in [-0.2, 0) is 16.4 Å². The number of aryl methyl sites for hydroxylation is 1. The number of nitrogens with one attached hydrogen (secondary N) is 1. The van der Waals surface area contributed by atoms with Crippen molar-refractivity contribution in [3.05, 3.63) is 29.8 Å². The molecule has 0 spiro atoms. The highest BCUT2D eigenvalue weighted by Gasteiger charge is 2.15. The van der Waals surface area contributed by atoms with E-state index in [1.807, 2.05) is 26.0 Å². The van der Waals surface area contributed by atoms with Crippen molar-refractivity contribution in [2.24, 2.45) is 0 Å². The molecule has 0 amide bonds. The fourth-order valence-electron chi connectivity index (χ4n) is 1.83. The molecule has 4 heteroatoms. The number of hydrogen-bond donors (Lipinski definition) is 1. The molecular formula is C14H23NO2S. The lowest BCUT2D eigenvalue weighted by Gasteiger charge is -2.10. The number of hydrogen-bond acceptors (Lipinski definition) is 2. The van der Waals surface area contributed by atoms with Gasteiger partial charge in [0.25, 0.3) is 0 Å². The largest absolute Gasteiger partial charge is 0.240 e. The van der Waals surface area contributed by atoms with Gasteiger partial charge >= 0.3 is 0 Å². The molecule has 0 unspecified atom stereocenters. The molecule has 0 radical (unpaired) electrons. The Labute approximate surface area is 111 Å². The highest BCUT2D eigenvalue weighted by Crippen LogP contribution is 2.14. The molecule has 0 heterocycles. The summed E-state index contributed by atoms with van der Waals surface area (Å²) in [5.74, 6) is 0. The van der Waals surface area contributed by atoms with Gasteiger partial charge < -0.3 is 0 Å². The summed E-state index contributed by atoms with van der Waals surface area (Å²) in [6.07, 6.45) is 4.41. The van der Waals surface area contributed by atoms with Crippen LogP contribution in [0.2, 0.25) is 0 Å². The van der Waals surface area contributed by atoms with Crippen LogP contribution >= 0.6 is 0 Å². The molecule has 1 N–H and O–H groups in total. The predicted octanol–water partition coefficient (Wildman–Crippen LogP) is 3.11. The van der Waals surface area contributed by atoms with E-state index < -0.39 is 10.0 Å². The molecule has 0 aliphatic heterocycles. The Morgan fingerprint density at radius 1 is 1.22 bits per heavy atom. The van der Waals surface area contributed by atoms with Crippen LogP contribution in [0.1, 0.15) is 45.6 Å². The van der Waals surface area contributed by atoms with E-state index in [4.69, 9.17) is 0 Å². The number of sulfonamides is 1. The lowest BCUT2D eigenvalue weighted by molar-refractivity contribution is 0.569. The summed E-state index contributed by atoms with van der Waals surface area (Å²) in [7, 11) is -3.36. The second kappa shape index (κ2) is 6.90. The van der Waals surface area contributed by atoms with Crippen LogP contribution in [0.25, 0.3) is 0 Å². The molecule has 0 aliphatic rings. The monoisotopic (exact) mass is 269 g/mol. The SMILES string of the molecule is CCCCCc1cccc(S(=O)(=O)NC(C)C)c1. The Hall–Kier alpha value is -0.870. The smallest absolute Gasteiger partial charge is 0.209 e. The lowest BCUT2D eigenvalue weighted by atomic mass is 10.1.